The average molecular weight is 531 g/mol. The van der Waals surface area contributed by atoms with Crippen molar-refractivity contribution in [3.8, 4) is 0 Å². The van der Waals surface area contributed by atoms with Crippen molar-refractivity contribution in [1.29, 1.82) is 0 Å². The minimum absolute atomic E-state index is 0.184. The van der Waals surface area contributed by atoms with E-state index in [0.717, 1.165) is 0 Å². The molecule has 0 saturated carbocycles. The summed E-state index contributed by atoms with van der Waals surface area (Å²) < 4.78 is 223. The lowest BCUT2D eigenvalue weighted by atomic mass is 9.88. The third-order valence-corrected chi connectivity index (χ3v) is 4.63. The molecule has 1 rings (SSSR count). The van der Waals surface area contributed by atoms with Gasteiger partial charge < -0.3 is 4.90 Å². The maximum Gasteiger partial charge on any atom is 0.460 e. The van der Waals surface area contributed by atoms with Gasteiger partial charge in [0.15, 0.2) is 0 Å². The van der Waals surface area contributed by atoms with Gasteiger partial charge >= 0.3 is 47.6 Å². The fraction of sp³-hybridized carbons (Fsp3) is 0.929. The van der Waals surface area contributed by atoms with Crippen LogP contribution in [0.15, 0.2) is 0 Å². The molecule has 1 aliphatic rings. The maximum atomic E-state index is 13.8. The molecule has 33 heavy (non-hydrogen) atoms. The molecule has 1 aliphatic heterocycles. The molecule has 19 heteroatoms. The van der Waals surface area contributed by atoms with Crippen molar-refractivity contribution in [1.82, 2.24) is 4.90 Å². The van der Waals surface area contributed by atoms with Crippen LogP contribution in [0.5, 0.6) is 0 Å². The lowest BCUT2D eigenvalue weighted by Crippen LogP contribution is -2.75. The van der Waals surface area contributed by atoms with Crippen molar-refractivity contribution in [2.45, 2.75) is 66.9 Å². The predicted octanol–water partition coefficient (Wildman–Crippen LogP) is 6.01. The molecule has 0 aromatic rings. The van der Waals surface area contributed by atoms with Crippen LogP contribution in [-0.2, 0) is 4.79 Å². The normalized spacial score (nSPS) is 18.5. The lowest BCUT2D eigenvalue weighted by Gasteiger charge is -2.43. The van der Waals surface area contributed by atoms with Gasteiger partial charge in [0.1, 0.15) is 0 Å². The van der Waals surface area contributed by atoms with Gasteiger partial charge in [0.2, 0.25) is 0 Å². The smallest absolute Gasteiger partial charge is 0.337 e. The van der Waals surface area contributed by atoms with Crippen molar-refractivity contribution in [2.24, 2.45) is 0 Å². The van der Waals surface area contributed by atoms with Crippen molar-refractivity contribution in [3.05, 3.63) is 0 Å². The number of nitrogens with zero attached hydrogens (tertiary/aromatic N) is 1. The molecule has 0 radical (unpaired) electrons. The number of hydrogen-bond donors (Lipinski definition) is 0. The van der Waals surface area contributed by atoms with E-state index >= 15 is 0 Å². The monoisotopic (exact) mass is 531 g/mol. The Balaban J connectivity index is 3.57. The summed E-state index contributed by atoms with van der Waals surface area (Å²) in [5.74, 6) is -60.9. The number of piperidine rings is 1. The summed E-state index contributed by atoms with van der Waals surface area (Å²) in [6.07, 6.45) is -7.97. The second-order valence-electron chi connectivity index (χ2n) is 6.87. The highest BCUT2D eigenvalue weighted by Gasteiger charge is 2.95. The number of rotatable bonds is 7. The van der Waals surface area contributed by atoms with E-state index in [1.165, 1.54) is 0 Å². The van der Waals surface area contributed by atoms with Gasteiger partial charge in [0, 0.05) is 13.1 Å². The van der Waals surface area contributed by atoms with Gasteiger partial charge in [0.25, 0.3) is 5.91 Å². The Morgan fingerprint density at radius 3 is 1.09 bits per heavy atom. The summed E-state index contributed by atoms with van der Waals surface area (Å²) in [6.45, 7) is -1.64. The minimum atomic E-state index is -8.70. The highest BCUT2D eigenvalue weighted by molar-refractivity contribution is 5.85. The highest BCUT2D eigenvalue weighted by Crippen LogP contribution is 2.64. The molecule has 0 N–H and O–H groups in total. The van der Waals surface area contributed by atoms with Crippen LogP contribution in [0, 0.1) is 0 Å². The van der Waals surface area contributed by atoms with Gasteiger partial charge in [-0.2, -0.15) is 74.6 Å². The van der Waals surface area contributed by atoms with Gasteiger partial charge in [-0.15, -0.1) is 0 Å². The van der Waals surface area contributed by atoms with E-state index < -0.39 is 66.6 Å². The van der Waals surface area contributed by atoms with Crippen molar-refractivity contribution in [2.75, 3.05) is 13.1 Å². The molecule has 0 atom stereocenters. The molecular weight excluding hydrogens is 521 g/mol. The number of halogens is 17. The Bertz CT molecular complexity index is 734. The Kier molecular flexibility index (Phi) is 7.03. The van der Waals surface area contributed by atoms with Crippen molar-refractivity contribution >= 4 is 5.91 Å². The summed E-state index contributed by atoms with van der Waals surface area (Å²) in [5.41, 5.74) is 0. The molecular formula is C14H10F17NO. The van der Waals surface area contributed by atoms with E-state index in [-0.39, 0.29) is 24.2 Å². The first-order chi connectivity index (χ1) is 14.3. The van der Waals surface area contributed by atoms with Crippen molar-refractivity contribution < 1.29 is 79.4 Å². The van der Waals surface area contributed by atoms with Crippen LogP contribution in [0.2, 0.25) is 0 Å². The van der Waals surface area contributed by atoms with Gasteiger partial charge in [-0.3, -0.25) is 4.79 Å². The fourth-order valence-corrected chi connectivity index (χ4v) is 2.59. The van der Waals surface area contributed by atoms with Gasteiger partial charge in [0.05, 0.1) is 0 Å². The van der Waals surface area contributed by atoms with Gasteiger partial charge in [-0.1, -0.05) is 0 Å². The number of likely N-dealkylation sites (tertiary alicyclic amines) is 1. The summed E-state index contributed by atoms with van der Waals surface area (Å²) in [5, 5.41) is 0. The average Bonchev–Trinajstić information content (AvgIpc) is 2.66. The van der Waals surface area contributed by atoms with Crippen LogP contribution < -0.4 is 0 Å². The van der Waals surface area contributed by atoms with E-state index in [9.17, 15) is 79.4 Å². The minimum Gasteiger partial charge on any atom is -0.337 e. The molecule has 1 saturated heterocycles. The topological polar surface area (TPSA) is 20.3 Å². The molecule has 0 spiro atoms. The molecule has 1 fully saturated rings. The lowest BCUT2D eigenvalue weighted by molar-refractivity contribution is -0.459. The Morgan fingerprint density at radius 1 is 0.455 bits per heavy atom. The highest BCUT2D eigenvalue weighted by atomic mass is 19.4. The summed E-state index contributed by atoms with van der Waals surface area (Å²) in [6, 6.07) is 0. The molecule has 0 aromatic carbocycles. The van der Waals surface area contributed by atoms with Crippen molar-refractivity contribution in [3.63, 3.8) is 0 Å². The Hall–Kier alpha value is -1.72. The number of amides is 1. The van der Waals surface area contributed by atoms with E-state index in [1.807, 2.05) is 0 Å². The summed E-state index contributed by atoms with van der Waals surface area (Å²) in [7, 11) is 0. The first-order valence-electron chi connectivity index (χ1n) is 8.27. The fourth-order valence-electron chi connectivity index (χ4n) is 2.59. The molecule has 0 aromatic heterocycles. The van der Waals surface area contributed by atoms with Crippen LogP contribution in [0.25, 0.3) is 0 Å². The van der Waals surface area contributed by atoms with Crippen LogP contribution in [-0.4, -0.2) is 71.5 Å². The predicted molar refractivity (Wildman–Crippen MR) is 71.1 cm³/mol. The van der Waals surface area contributed by atoms with Gasteiger partial charge in [-0.25, -0.2) is 0 Å². The number of carbonyl (C=O) groups excluding carboxylic acids is 1. The zero-order chi connectivity index (χ0) is 26.7. The number of alkyl halides is 17. The molecule has 196 valence electrons. The SMILES string of the molecule is O=C(N1CCCCC1)C(F)(F)C(F)(F)C(F)(F)C(F)(F)C(F)(F)C(F)(F)C(F)(F)C(F)(F)F. The van der Waals surface area contributed by atoms with Crippen LogP contribution >= 0.6 is 0 Å². The third-order valence-electron chi connectivity index (χ3n) is 4.63. The first-order valence-corrected chi connectivity index (χ1v) is 8.27. The molecule has 0 unspecified atom stereocenters. The zero-order valence-corrected chi connectivity index (χ0v) is 15.3. The molecule has 1 amide bonds. The maximum absolute atomic E-state index is 13.8. The van der Waals surface area contributed by atoms with Gasteiger partial charge in [-0.05, 0) is 19.3 Å². The summed E-state index contributed by atoms with van der Waals surface area (Å²) >= 11 is 0. The molecule has 0 bridgehead atoms. The van der Waals surface area contributed by atoms with Crippen LogP contribution in [0.4, 0.5) is 74.6 Å². The first kappa shape index (κ1) is 29.3. The Labute approximate surface area is 171 Å². The second kappa shape index (κ2) is 7.91. The molecule has 1 heterocycles. The van der Waals surface area contributed by atoms with Crippen LogP contribution in [0.1, 0.15) is 19.3 Å². The number of carbonyl (C=O) groups is 1. The van der Waals surface area contributed by atoms with E-state index in [2.05, 4.69) is 0 Å². The Morgan fingerprint density at radius 2 is 0.758 bits per heavy atom. The second-order valence-corrected chi connectivity index (χ2v) is 6.87. The van der Waals surface area contributed by atoms with E-state index in [4.69, 9.17) is 0 Å². The van der Waals surface area contributed by atoms with E-state index in [0.29, 0.717) is 0 Å². The summed E-state index contributed by atoms with van der Waals surface area (Å²) in [4.78, 5) is 11.2. The quantitative estimate of drug-likeness (QED) is 0.369. The number of hydrogen-bond acceptors (Lipinski definition) is 1. The third kappa shape index (κ3) is 3.85. The molecule has 0 aliphatic carbocycles. The van der Waals surface area contributed by atoms with Crippen LogP contribution in [0.3, 0.4) is 0 Å². The van der Waals surface area contributed by atoms with E-state index in [1.54, 1.807) is 0 Å². The molecule has 2 nitrogen and oxygen atoms in total. The zero-order valence-electron chi connectivity index (χ0n) is 15.3. The standard InChI is InChI=1S/C14H10F17NO/c15-7(16,6(33)32-4-2-1-3-5-32)8(17,18)9(19,20)10(21,22)11(23,24)12(25,26)13(27,28)14(29,30)31/h1-5H2. The largest absolute Gasteiger partial charge is 0.460 e.